The van der Waals surface area contributed by atoms with Crippen molar-refractivity contribution in [2.75, 3.05) is 30.9 Å². The summed E-state index contributed by atoms with van der Waals surface area (Å²) in [4.78, 5) is 26.6. The van der Waals surface area contributed by atoms with Crippen molar-refractivity contribution >= 4 is 23.1 Å². The van der Waals surface area contributed by atoms with Crippen molar-refractivity contribution in [3.63, 3.8) is 0 Å². The zero-order valence-electron chi connectivity index (χ0n) is 14.2. The lowest BCUT2D eigenvalue weighted by Gasteiger charge is -2.29. The third kappa shape index (κ3) is 4.47. The van der Waals surface area contributed by atoms with Gasteiger partial charge in [-0.2, -0.15) is 0 Å². The Morgan fingerprint density at radius 1 is 1.30 bits per heavy atom. The summed E-state index contributed by atoms with van der Waals surface area (Å²) in [6, 6.07) is 7.21. The number of carbonyl (C=O) groups excluding carboxylic acids is 2. The van der Waals surface area contributed by atoms with Crippen LogP contribution in [0.5, 0.6) is 0 Å². The lowest BCUT2D eigenvalue weighted by Crippen LogP contribution is -2.43. The van der Waals surface area contributed by atoms with Crippen LogP contribution < -0.4 is 10.2 Å². The fraction of sp³-hybridized carbons (Fsp3) is 0.556. The van der Waals surface area contributed by atoms with Gasteiger partial charge >= 0.3 is 5.97 Å². The first-order chi connectivity index (χ1) is 11.0. The van der Waals surface area contributed by atoms with Crippen molar-refractivity contribution in [2.45, 2.75) is 38.6 Å². The number of carbonyl (C=O) groups is 2. The number of rotatable bonds is 6. The highest BCUT2D eigenvalue weighted by Crippen LogP contribution is 2.27. The van der Waals surface area contributed by atoms with Crippen molar-refractivity contribution < 1.29 is 14.3 Å². The van der Waals surface area contributed by atoms with Crippen LogP contribution in [0.25, 0.3) is 0 Å². The van der Waals surface area contributed by atoms with Gasteiger partial charge in [-0.25, -0.2) is 4.79 Å². The first kappa shape index (κ1) is 17.3. The van der Waals surface area contributed by atoms with Crippen LogP contribution in [0.15, 0.2) is 24.3 Å². The zero-order valence-corrected chi connectivity index (χ0v) is 14.2. The Labute approximate surface area is 138 Å². The van der Waals surface area contributed by atoms with E-state index in [2.05, 4.69) is 5.32 Å². The minimum atomic E-state index is -0.604. The summed E-state index contributed by atoms with van der Waals surface area (Å²) in [7, 11) is 3.95. The van der Waals surface area contributed by atoms with Gasteiger partial charge in [-0.05, 0) is 44.0 Å². The topological polar surface area (TPSA) is 58.6 Å². The molecule has 0 spiro atoms. The Morgan fingerprint density at radius 2 is 2.00 bits per heavy atom. The second-order valence-electron chi connectivity index (χ2n) is 6.13. The van der Waals surface area contributed by atoms with E-state index < -0.39 is 6.04 Å². The highest BCUT2D eigenvalue weighted by atomic mass is 16.5. The van der Waals surface area contributed by atoms with Gasteiger partial charge < -0.3 is 15.0 Å². The molecule has 5 nitrogen and oxygen atoms in total. The summed E-state index contributed by atoms with van der Waals surface area (Å²) in [5.74, 6) is -0.479. The minimum Gasteiger partial charge on any atom is -0.464 e. The first-order valence-electron chi connectivity index (χ1n) is 8.26. The number of nitrogens with zero attached hydrogens (tertiary/aromatic N) is 1. The lowest BCUT2D eigenvalue weighted by atomic mass is 9.82. The normalized spacial score (nSPS) is 19.1. The molecular formula is C18H26N2O3. The van der Waals surface area contributed by atoms with Gasteiger partial charge in [-0.15, -0.1) is 0 Å². The number of hydrogen-bond donors (Lipinski definition) is 1. The second kappa shape index (κ2) is 7.99. The van der Waals surface area contributed by atoms with Crippen molar-refractivity contribution in [3.05, 3.63) is 24.3 Å². The molecule has 0 aliphatic heterocycles. The monoisotopic (exact) mass is 318 g/mol. The van der Waals surface area contributed by atoms with Crippen LogP contribution in [-0.2, 0) is 14.3 Å². The number of nitrogens with one attached hydrogen (secondary N) is 1. The molecule has 0 amide bonds. The third-order valence-corrected chi connectivity index (χ3v) is 4.25. The molecule has 5 heteroatoms. The van der Waals surface area contributed by atoms with E-state index in [-0.39, 0.29) is 17.7 Å². The molecule has 1 N–H and O–H groups in total. The largest absolute Gasteiger partial charge is 0.464 e. The summed E-state index contributed by atoms with van der Waals surface area (Å²) < 4.78 is 5.18. The number of Topliss-reactive ketones (excluding diaryl/α,β-unsaturated/α-hetero) is 1. The lowest BCUT2D eigenvalue weighted by molar-refractivity contribution is -0.147. The van der Waals surface area contributed by atoms with Gasteiger partial charge in [-0.1, -0.05) is 6.42 Å². The maximum Gasteiger partial charge on any atom is 0.329 e. The molecule has 1 saturated carbocycles. The molecule has 1 aliphatic rings. The molecule has 1 aromatic rings. The maximum atomic E-state index is 12.3. The summed E-state index contributed by atoms with van der Waals surface area (Å²) >= 11 is 0. The van der Waals surface area contributed by atoms with Crippen LogP contribution >= 0.6 is 0 Å². The number of ketones is 1. The minimum absolute atomic E-state index is 0.159. The fourth-order valence-electron chi connectivity index (χ4n) is 2.95. The van der Waals surface area contributed by atoms with Gasteiger partial charge in [0.1, 0.15) is 11.8 Å². The van der Waals surface area contributed by atoms with Crippen LogP contribution in [0.1, 0.15) is 32.6 Å². The third-order valence-electron chi connectivity index (χ3n) is 4.25. The van der Waals surface area contributed by atoms with Crippen LogP contribution in [0, 0.1) is 5.92 Å². The number of benzene rings is 1. The number of ether oxygens (including phenoxy) is 1. The molecule has 0 heterocycles. The van der Waals surface area contributed by atoms with E-state index in [4.69, 9.17) is 4.74 Å². The number of esters is 1. The Kier molecular flexibility index (Phi) is 6.02. The number of hydrogen-bond acceptors (Lipinski definition) is 5. The molecule has 23 heavy (non-hydrogen) atoms. The maximum absolute atomic E-state index is 12.3. The summed E-state index contributed by atoms with van der Waals surface area (Å²) in [5.41, 5.74) is 1.91. The predicted octanol–water partition coefficient (Wildman–Crippen LogP) is 2.86. The molecule has 0 aromatic heterocycles. The summed E-state index contributed by atoms with van der Waals surface area (Å²) in [6.07, 6.45) is 3.20. The Morgan fingerprint density at radius 3 is 2.57 bits per heavy atom. The quantitative estimate of drug-likeness (QED) is 0.817. The molecule has 0 saturated heterocycles. The second-order valence-corrected chi connectivity index (χ2v) is 6.13. The average Bonchev–Trinajstić information content (AvgIpc) is 2.54. The van der Waals surface area contributed by atoms with Gasteiger partial charge in [-0.3, -0.25) is 4.79 Å². The summed E-state index contributed by atoms with van der Waals surface area (Å²) in [6.45, 7) is 2.10. The van der Waals surface area contributed by atoms with E-state index >= 15 is 0 Å². The van der Waals surface area contributed by atoms with Crippen LogP contribution in [0.4, 0.5) is 11.4 Å². The van der Waals surface area contributed by atoms with Crippen LogP contribution in [0.2, 0.25) is 0 Å². The average molecular weight is 318 g/mol. The van der Waals surface area contributed by atoms with Crippen LogP contribution in [-0.4, -0.2) is 38.5 Å². The van der Waals surface area contributed by atoms with E-state index in [0.717, 1.165) is 30.6 Å². The zero-order chi connectivity index (χ0) is 16.8. The molecule has 1 fully saturated rings. The van der Waals surface area contributed by atoms with Crippen molar-refractivity contribution in [3.8, 4) is 0 Å². The van der Waals surface area contributed by atoms with Gasteiger partial charge in [0.05, 0.1) is 6.61 Å². The van der Waals surface area contributed by atoms with Gasteiger partial charge in [0.2, 0.25) is 0 Å². The Bertz CT molecular complexity index is 540. The first-order valence-corrected chi connectivity index (χ1v) is 8.26. The molecule has 126 valence electrons. The highest BCUT2D eigenvalue weighted by Gasteiger charge is 2.35. The fourth-order valence-corrected chi connectivity index (χ4v) is 2.95. The Hall–Kier alpha value is -2.04. The van der Waals surface area contributed by atoms with E-state index in [1.165, 1.54) is 0 Å². The Balaban J connectivity index is 2.16. The highest BCUT2D eigenvalue weighted by molar-refractivity contribution is 5.91. The smallest absolute Gasteiger partial charge is 0.329 e. The SMILES string of the molecule is CCOC(=O)[C@H](Nc1ccc(N(C)C)cc1)[C@H]1CCCCC1=O. The van der Waals surface area contributed by atoms with Crippen LogP contribution in [0.3, 0.4) is 0 Å². The molecular weight excluding hydrogens is 292 g/mol. The molecule has 2 atom stereocenters. The van der Waals surface area contributed by atoms with Crippen molar-refractivity contribution in [2.24, 2.45) is 5.92 Å². The van der Waals surface area contributed by atoms with E-state index in [1.807, 2.05) is 43.3 Å². The van der Waals surface area contributed by atoms with Gasteiger partial charge in [0.25, 0.3) is 0 Å². The molecule has 0 unspecified atom stereocenters. The predicted molar refractivity (Wildman–Crippen MR) is 91.8 cm³/mol. The van der Waals surface area contributed by atoms with Crippen molar-refractivity contribution in [1.29, 1.82) is 0 Å². The molecule has 0 radical (unpaired) electrons. The standard InChI is InChI=1S/C18H26N2O3/c1-4-23-18(22)17(15-7-5-6-8-16(15)21)19-13-9-11-14(12-10-13)20(2)3/h9-12,15,17,19H,4-8H2,1-3H3/t15-,17+/m0/s1. The molecule has 1 aromatic carbocycles. The van der Waals surface area contributed by atoms with Crippen molar-refractivity contribution in [1.82, 2.24) is 0 Å². The van der Waals surface area contributed by atoms with Gasteiger partial charge in [0.15, 0.2) is 0 Å². The molecule has 0 bridgehead atoms. The van der Waals surface area contributed by atoms with E-state index in [0.29, 0.717) is 13.0 Å². The molecule has 2 rings (SSSR count). The van der Waals surface area contributed by atoms with E-state index in [1.54, 1.807) is 6.92 Å². The summed E-state index contributed by atoms with van der Waals surface area (Å²) in [5, 5.41) is 3.22. The van der Waals surface area contributed by atoms with Gasteiger partial charge in [0, 0.05) is 37.8 Å². The van der Waals surface area contributed by atoms with E-state index in [9.17, 15) is 9.59 Å². The molecule has 1 aliphatic carbocycles. The number of anilines is 2.